The van der Waals surface area contributed by atoms with Gasteiger partial charge >= 0.3 is 6.09 Å². The molecule has 2 N–H and O–H groups in total. The van der Waals surface area contributed by atoms with E-state index in [2.05, 4.69) is 32.6 Å². The number of rotatable bonds is 4. The summed E-state index contributed by atoms with van der Waals surface area (Å²) < 4.78 is 6.29. The average molecular weight is 499 g/mol. The zero-order chi connectivity index (χ0) is 22.2. The zero-order valence-electron chi connectivity index (χ0n) is 19.4. The minimum absolute atomic E-state index is 0. The van der Waals surface area contributed by atoms with E-state index in [1.165, 1.54) is 0 Å². The highest BCUT2D eigenvalue weighted by atomic mass is 35.5. The minimum Gasteiger partial charge on any atom is -0.448 e. The molecule has 1 saturated heterocycles. The molecule has 0 aliphatic carbocycles. The summed E-state index contributed by atoms with van der Waals surface area (Å²) in [6.07, 6.45) is -0.603. The maximum Gasteiger partial charge on any atom is 0.436 e. The largest absolute Gasteiger partial charge is 0.448 e. The van der Waals surface area contributed by atoms with Crippen LogP contribution in [0, 0.1) is 0 Å². The summed E-state index contributed by atoms with van der Waals surface area (Å²) in [7, 11) is 2.12. The van der Waals surface area contributed by atoms with Crippen LogP contribution in [0.4, 0.5) is 16.3 Å². The SMILES string of the molecule is CCOC(=O)n1nc2c(c1NC(=O)c1ccc(N3CCN(C)CC3)cc1)CNC2(C)C.Cl.Cl. The Morgan fingerprint density at radius 1 is 1.12 bits per heavy atom. The molecular formula is C22H32Cl2N6O3. The van der Waals surface area contributed by atoms with Gasteiger partial charge < -0.3 is 25.2 Å². The fraction of sp³-hybridized carbons (Fsp3) is 0.500. The van der Waals surface area contributed by atoms with Gasteiger partial charge in [0.1, 0.15) is 5.82 Å². The number of carbonyl (C=O) groups is 2. The van der Waals surface area contributed by atoms with Crippen molar-refractivity contribution in [3.05, 3.63) is 41.1 Å². The van der Waals surface area contributed by atoms with E-state index < -0.39 is 11.6 Å². The van der Waals surface area contributed by atoms with Crippen LogP contribution < -0.4 is 15.5 Å². The van der Waals surface area contributed by atoms with Crippen LogP contribution in [0.15, 0.2) is 24.3 Å². The highest BCUT2D eigenvalue weighted by Gasteiger charge is 2.37. The number of fused-ring (bicyclic) bond motifs is 1. The Kier molecular flexibility index (Phi) is 8.75. The molecule has 0 saturated carbocycles. The molecule has 2 aliphatic heterocycles. The standard InChI is InChI=1S/C22H30N6O3.2ClH/c1-5-31-21(30)28-19(17-14-23-22(2,3)18(17)25-28)24-20(29)15-6-8-16(9-7-15)27-12-10-26(4)11-13-27;;/h6-9,23H,5,10-14H2,1-4H3,(H,24,29);2*1H. The number of likely N-dealkylation sites (N-methyl/N-ethyl adjacent to an activating group) is 1. The third kappa shape index (κ3) is 5.43. The van der Waals surface area contributed by atoms with E-state index in [-0.39, 0.29) is 37.3 Å². The summed E-state index contributed by atoms with van der Waals surface area (Å²) in [4.78, 5) is 30.1. The molecule has 4 rings (SSSR count). The molecule has 33 heavy (non-hydrogen) atoms. The Bertz CT molecular complexity index is 985. The Morgan fingerprint density at radius 2 is 1.76 bits per heavy atom. The lowest BCUT2D eigenvalue weighted by atomic mass is 10.0. The molecule has 1 amide bonds. The molecule has 11 heteroatoms. The minimum atomic E-state index is -0.603. The second-order valence-corrected chi connectivity index (χ2v) is 8.56. The molecule has 0 atom stereocenters. The molecule has 0 bridgehead atoms. The summed E-state index contributed by atoms with van der Waals surface area (Å²) in [5.74, 6) is 0.0718. The zero-order valence-corrected chi connectivity index (χ0v) is 21.0. The van der Waals surface area contributed by atoms with Gasteiger partial charge in [-0.1, -0.05) is 0 Å². The van der Waals surface area contributed by atoms with E-state index >= 15 is 0 Å². The summed E-state index contributed by atoms with van der Waals surface area (Å²) in [5, 5.41) is 10.7. The van der Waals surface area contributed by atoms with Crippen LogP contribution in [0.5, 0.6) is 0 Å². The van der Waals surface area contributed by atoms with Crippen molar-refractivity contribution < 1.29 is 14.3 Å². The van der Waals surface area contributed by atoms with Crippen molar-refractivity contribution >= 4 is 48.3 Å². The van der Waals surface area contributed by atoms with Crippen LogP contribution in [-0.2, 0) is 16.8 Å². The average Bonchev–Trinajstić information content (AvgIpc) is 3.26. The first-order valence-corrected chi connectivity index (χ1v) is 10.7. The summed E-state index contributed by atoms with van der Waals surface area (Å²) in [6.45, 7) is 10.4. The lowest BCUT2D eigenvalue weighted by Gasteiger charge is -2.34. The molecule has 3 heterocycles. The van der Waals surface area contributed by atoms with Crippen molar-refractivity contribution in [3.63, 3.8) is 0 Å². The maximum atomic E-state index is 13.0. The molecule has 2 aliphatic rings. The third-order valence-corrected chi connectivity index (χ3v) is 5.95. The fourth-order valence-electron chi connectivity index (χ4n) is 4.03. The lowest BCUT2D eigenvalue weighted by molar-refractivity contribution is 0.102. The highest BCUT2D eigenvalue weighted by Crippen LogP contribution is 2.34. The Hall–Kier alpha value is -2.33. The van der Waals surface area contributed by atoms with Gasteiger partial charge in [-0.15, -0.1) is 29.5 Å². The van der Waals surface area contributed by atoms with E-state index in [0.29, 0.717) is 17.9 Å². The van der Waals surface area contributed by atoms with Crippen LogP contribution in [0.2, 0.25) is 0 Å². The van der Waals surface area contributed by atoms with Crippen LogP contribution in [0.1, 0.15) is 42.4 Å². The number of benzene rings is 1. The van der Waals surface area contributed by atoms with Crippen molar-refractivity contribution in [2.45, 2.75) is 32.9 Å². The number of carbonyl (C=O) groups excluding carboxylic acids is 2. The van der Waals surface area contributed by atoms with Gasteiger partial charge in [0.05, 0.1) is 17.8 Å². The van der Waals surface area contributed by atoms with Gasteiger partial charge in [-0.3, -0.25) is 4.79 Å². The van der Waals surface area contributed by atoms with Gasteiger partial charge in [-0.2, -0.15) is 5.10 Å². The lowest BCUT2D eigenvalue weighted by Crippen LogP contribution is -2.44. The van der Waals surface area contributed by atoms with Gasteiger partial charge in [-0.05, 0) is 52.1 Å². The normalized spacial score (nSPS) is 16.9. The second-order valence-electron chi connectivity index (χ2n) is 8.56. The van der Waals surface area contributed by atoms with E-state index in [0.717, 1.165) is 47.8 Å². The van der Waals surface area contributed by atoms with Crippen molar-refractivity contribution in [3.8, 4) is 0 Å². The maximum absolute atomic E-state index is 13.0. The van der Waals surface area contributed by atoms with Crippen molar-refractivity contribution in [2.75, 3.05) is 50.1 Å². The molecule has 0 spiro atoms. The van der Waals surface area contributed by atoms with Crippen LogP contribution >= 0.6 is 24.8 Å². The molecule has 0 unspecified atom stereocenters. The van der Waals surface area contributed by atoms with Gasteiger partial charge in [0.25, 0.3) is 5.91 Å². The van der Waals surface area contributed by atoms with E-state index in [1.54, 1.807) is 6.92 Å². The number of hydrogen-bond acceptors (Lipinski definition) is 7. The summed E-state index contributed by atoms with van der Waals surface area (Å²) in [5.41, 5.74) is 2.78. The number of aromatic nitrogens is 2. The van der Waals surface area contributed by atoms with E-state index in [4.69, 9.17) is 4.74 Å². The molecule has 0 radical (unpaired) electrons. The third-order valence-electron chi connectivity index (χ3n) is 5.95. The Morgan fingerprint density at radius 3 is 2.36 bits per heavy atom. The first kappa shape index (κ1) is 26.9. The Balaban J connectivity index is 0.00000193. The Labute approximate surface area is 206 Å². The molecule has 1 fully saturated rings. The number of nitrogens with zero attached hydrogens (tertiary/aromatic N) is 4. The summed E-state index contributed by atoms with van der Waals surface area (Å²) >= 11 is 0. The number of halogens is 2. The van der Waals surface area contributed by atoms with Crippen LogP contribution in [0.25, 0.3) is 0 Å². The molecule has 1 aromatic carbocycles. The first-order valence-electron chi connectivity index (χ1n) is 10.7. The van der Waals surface area contributed by atoms with Crippen molar-refractivity contribution in [2.24, 2.45) is 0 Å². The number of hydrogen-bond donors (Lipinski definition) is 2. The highest BCUT2D eigenvalue weighted by molar-refractivity contribution is 6.05. The van der Waals surface area contributed by atoms with Crippen molar-refractivity contribution in [1.82, 2.24) is 20.0 Å². The fourth-order valence-corrected chi connectivity index (χ4v) is 4.03. The van der Waals surface area contributed by atoms with Crippen LogP contribution in [-0.4, -0.2) is 66.5 Å². The summed E-state index contributed by atoms with van der Waals surface area (Å²) in [6, 6.07) is 7.57. The first-order chi connectivity index (χ1) is 14.8. The van der Waals surface area contributed by atoms with E-state index in [9.17, 15) is 9.59 Å². The van der Waals surface area contributed by atoms with E-state index in [1.807, 2.05) is 38.1 Å². The number of amides is 1. The number of anilines is 2. The molecule has 9 nitrogen and oxygen atoms in total. The van der Waals surface area contributed by atoms with Gasteiger partial charge in [0.15, 0.2) is 0 Å². The topological polar surface area (TPSA) is 91.7 Å². The number of piperazine rings is 1. The number of ether oxygens (including phenoxy) is 1. The molecule has 1 aromatic heterocycles. The predicted molar refractivity (Wildman–Crippen MR) is 133 cm³/mol. The van der Waals surface area contributed by atoms with Gasteiger partial charge in [-0.25, -0.2) is 4.79 Å². The molecule has 2 aromatic rings. The second kappa shape index (κ2) is 10.7. The van der Waals surface area contributed by atoms with Crippen molar-refractivity contribution in [1.29, 1.82) is 0 Å². The quantitative estimate of drug-likeness (QED) is 0.668. The van der Waals surface area contributed by atoms with Crippen LogP contribution in [0.3, 0.4) is 0 Å². The predicted octanol–water partition coefficient (Wildman–Crippen LogP) is 3.07. The molecular weight excluding hydrogens is 467 g/mol. The smallest absolute Gasteiger partial charge is 0.436 e. The van der Waals surface area contributed by atoms with Gasteiger partial charge in [0.2, 0.25) is 0 Å². The molecule has 182 valence electrons. The monoisotopic (exact) mass is 498 g/mol. The van der Waals surface area contributed by atoms with Gasteiger partial charge in [0, 0.05) is 49.5 Å². The number of nitrogens with one attached hydrogen (secondary N) is 2.